The van der Waals surface area contributed by atoms with Crippen molar-refractivity contribution < 1.29 is 4.79 Å². The van der Waals surface area contributed by atoms with E-state index in [1.807, 2.05) is 39.2 Å². The molecule has 1 aromatic heterocycles. The molecule has 3 aromatic rings. The van der Waals surface area contributed by atoms with E-state index < -0.39 is 0 Å². The standard InChI is InChI=1S/C21H22N4OS.ClH/c1-15-6-4-7-18-19(15)23-21(27-18)25(13-5-12-24(2)3)20(26)17-10-8-16(14-22)9-11-17;/h4,6-11H,5,12-13H2,1-3H3;1H. The lowest BCUT2D eigenvalue weighted by molar-refractivity contribution is 0.0986. The van der Waals surface area contributed by atoms with Crippen LogP contribution < -0.4 is 4.90 Å². The van der Waals surface area contributed by atoms with Crippen LogP contribution in [0, 0.1) is 18.3 Å². The number of nitrogens with zero attached hydrogens (tertiary/aromatic N) is 4. The van der Waals surface area contributed by atoms with Crippen LogP contribution in [0.5, 0.6) is 0 Å². The molecular formula is C21H23ClN4OS. The Balaban J connectivity index is 0.00000280. The lowest BCUT2D eigenvalue weighted by Crippen LogP contribution is -2.33. The number of anilines is 1. The molecule has 1 amide bonds. The predicted molar refractivity (Wildman–Crippen MR) is 118 cm³/mol. The van der Waals surface area contributed by atoms with Gasteiger partial charge in [0.15, 0.2) is 5.13 Å². The maximum absolute atomic E-state index is 13.2. The molecule has 0 atom stereocenters. The molecular weight excluding hydrogens is 392 g/mol. The van der Waals surface area contributed by atoms with E-state index in [2.05, 4.69) is 11.0 Å². The maximum atomic E-state index is 13.2. The Labute approximate surface area is 175 Å². The molecule has 0 aliphatic rings. The predicted octanol–water partition coefficient (Wildman–Crippen LogP) is 4.50. The van der Waals surface area contributed by atoms with Gasteiger partial charge in [0, 0.05) is 12.1 Å². The molecule has 0 spiro atoms. The fraction of sp³-hybridized carbons (Fsp3) is 0.286. The largest absolute Gasteiger partial charge is 0.309 e. The molecule has 2 aromatic carbocycles. The molecule has 0 saturated carbocycles. The molecule has 0 N–H and O–H groups in total. The Kier molecular flexibility index (Phi) is 7.53. The van der Waals surface area contributed by atoms with Crippen molar-refractivity contribution in [2.45, 2.75) is 13.3 Å². The van der Waals surface area contributed by atoms with Gasteiger partial charge in [0.1, 0.15) is 0 Å². The van der Waals surface area contributed by atoms with Crippen LogP contribution in [0.3, 0.4) is 0 Å². The molecule has 0 saturated heterocycles. The van der Waals surface area contributed by atoms with Gasteiger partial charge in [-0.05, 0) is 69.9 Å². The molecule has 146 valence electrons. The molecule has 0 radical (unpaired) electrons. The lowest BCUT2D eigenvalue weighted by Gasteiger charge is -2.21. The van der Waals surface area contributed by atoms with E-state index in [9.17, 15) is 4.79 Å². The van der Waals surface area contributed by atoms with Crippen LogP contribution in [0.25, 0.3) is 10.2 Å². The van der Waals surface area contributed by atoms with Gasteiger partial charge in [0.05, 0.1) is 21.8 Å². The van der Waals surface area contributed by atoms with Gasteiger partial charge in [0.25, 0.3) is 5.91 Å². The maximum Gasteiger partial charge on any atom is 0.260 e. The minimum absolute atomic E-state index is 0. The van der Waals surface area contributed by atoms with E-state index in [1.165, 1.54) is 11.3 Å². The molecule has 3 rings (SSSR count). The monoisotopic (exact) mass is 414 g/mol. The number of aryl methyl sites for hydroxylation is 1. The molecule has 0 fully saturated rings. The Morgan fingerprint density at radius 3 is 2.46 bits per heavy atom. The molecule has 5 nitrogen and oxygen atoms in total. The average molecular weight is 415 g/mol. The van der Waals surface area contributed by atoms with Crippen LogP contribution in [0.2, 0.25) is 0 Å². The zero-order chi connectivity index (χ0) is 19.4. The summed E-state index contributed by atoms with van der Waals surface area (Å²) in [5.74, 6) is -0.0880. The van der Waals surface area contributed by atoms with Crippen molar-refractivity contribution in [3.05, 3.63) is 59.2 Å². The van der Waals surface area contributed by atoms with Crippen molar-refractivity contribution in [1.82, 2.24) is 9.88 Å². The van der Waals surface area contributed by atoms with Gasteiger partial charge in [0.2, 0.25) is 0 Å². The molecule has 0 bridgehead atoms. The highest BCUT2D eigenvalue weighted by molar-refractivity contribution is 7.22. The van der Waals surface area contributed by atoms with Crippen LogP contribution in [0.1, 0.15) is 27.9 Å². The number of para-hydroxylation sites is 1. The third-order valence-electron chi connectivity index (χ3n) is 4.33. The quantitative estimate of drug-likeness (QED) is 0.596. The number of carbonyl (C=O) groups is 1. The van der Waals surface area contributed by atoms with Gasteiger partial charge in [-0.3, -0.25) is 9.69 Å². The second-order valence-electron chi connectivity index (χ2n) is 6.72. The summed E-state index contributed by atoms with van der Waals surface area (Å²) in [5, 5.41) is 9.69. The van der Waals surface area contributed by atoms with Crippen molar-refractivity contribution in [2.75, 3.05) is 32.1 Å². The highest BCUT2D eigenvalue weighted by Gasteiger charge is 2.21. The van der Waals surface area contributed by atoms with E-state index in [0.717, 1.165) is 28.7 Å². The average Bonchev–Trinajstić information content (AvgIpc) is 3.10. The van der Waals surface area contributed by atoms with Crippen LogP contribution in [-0.4, -0.2) is 43.0 Å². The third-order valence-corrected chi connectivity index (χ3v) is 5.38. The van der Waals surface area contributed by atoms with Crippen molar-refractivity contribution in [3.63, 3.8) is 0 Å². The number of amides is 1. The summed E-state index contributed by atoms with van der Waals surface area (Å²) in [5.41, 5.74) is 3.16. The first kappa shape index (κ1) is 21.8. The Morgan fingerprint density at radius 1 is 1.14 bits per heavy atom. The van der Waals surface area contributed by atoms with E-state index in [0.29, 0.717) is 22.8 Å². The van der Waals surface area contributed by atoms with E-state index >= 15 is 0 Å². The number of carbonyl (C=O) groups excluding carboxylic acids is 1. The summed E-state index contributed by atoms with van der Waals surface area (Å²) < 4.78 is 1.08. The number of benzene rings is 2. The number of fused-ring (bicyclic) bond motifs is 1. The second-order valence-corrected chi connectivity index (χ2v) is 7.73. The molecule has 0 aliphatic heterocycles. The van der Waals surface area contributed by atoms with Crippen LogP contribution in [0.15, 0.2) is 42.5 Å². The van der Waals surface area contributed by atoms with E-state index in [-0.39, 0.29) is 18.3 Å². The summed E-state index contributed by atoms with van der Waals surface area (Å²) in [6.07, 6.45) is 0.851. The summed E-state index contributed by atoms with van der Waals surface area (Å²) >= 11 is 1.54. The first-order valence-corrected chi connectivity index (χ1v) is 9.64. The van der Waals surface area contributed by atoms with E-state index in [4.69, 9.17) is 10.2 Å². The fourth-order valence-corrected chi connectivity index (χ4v) is 3.93. The van der Waals surface area contributed by atoms with Crippen molar-refractivity contribution in [3.8, 4) is 6.07 Å². The van der Waals surface area contributed by atoms with Gasteiger partial charge in [-0.15, -0.1) is 12.4 Å². The van der Waals surface area contributed by atoms with Crippen molar-refractivity contribution in [2.24, 2.45) is 0 Å². The summed E-state index contributed by atoms with van der Waals surface area (Å²) in [6, 6.07) is 14.9. The van der Waals surface area contributed by atoms with E-state index in [1.54, 1.807) is 29.2 Å². The molecule has 0 unspecified atom stereocenters. The SMILES string of the molecule is Cc1cccc2sc(N(CCCN(C)C)C(=O)c3ccc(C#N)cc3)nc12.Cl. The van der Waals surface area contributed by atoms with Crippen LogP contribution in [0.4, 0.5) is 5.13 Å². The zero-order valence-corrected chi connectivity index (χ0v) is 17.8. The number of rotatable bonds is 6. The molecule has 28 heavy (non-hydrogen) atoms. The molecule has 7 heteroatoms. The third kappa shape index (κ3) is 4.87. The number of nitriles is 1. The van der Waals surface area contributed by atoms with Gasteiger partial charge in [-0.2, -0.15) is 5.26 Å². The van der Waals surface area contributed by atoms with Crippen molar-refractivity contribution >= 4 is 45.0 Å². The Bertz CT molecular complexity index is 992. The minimum atomic E-state index is -0.0880. The summed E-state index contributed by atoms with van der Waals surface area (Å²) in [7, 11) is 4.04. The van der Waals surface area contributed by atoms with Gasteiger partial charge in [-0.25, -0.2) is 4.98 Å². The zero-order valence-electron chi connectivity index (χ0n) is 16.2. The first-order chi connectivity index (χ1) is 13.0. The topological polar surface area (TPSA) is 60.2 Å². The number of aromatic nitrogens is 1. The Hall–Kier alpha value is -2.46. The van der Waals surface area contributed by atoms with Gasteiger partial charge in [-0.1, -0.05) is 23.5 Å². The normalized spacial score (nSPS) is 10.5. The van der Waals surface area contributed by atoms with Crippen molar-refractivity contribution in [1.29, 1.82) is 5.26 Å². The molecule has 1 heterocycles. The summed E-state index contributed by atoms with van der Waals surface area (Å²) in [6.45, 7) is 3.52. The fourth-order valence-electron chi connectivity index (χ4n) is 2.86. The summed E-state index contributed by atoms with van der Waals surface area (Å²) in [4.78, 5) is 21.8. The smallest absolute Gasteiger partial charge is 0.260 e. The Morgan fingerprint density at radius 2 is 1.86 bits per heavy atom. The first-order valence-electron chi connectivity index (χ1n) is 8.82. The number of thiazole rings is 1. The molecule has 0 aliphatic carbocycles. The number of hydrogen-bond donors (Lipinski definition) is 0. The minimum Gasteiger partial charge on any atom is -0.309 e. The van der Waals surface area contributed by atoms with Gasteiger partial charge < -0.3 is 4.90 Å². The number of hydrogen-bond acceptors (Lipinski definition) is 5. The highest BCUT2D eigenvalue weighted by Crippen LogP contribution is 2.31. The second kappa shape index (κ2) is 9.65. The highest BCUT2D eigenvalue weighted by atomic mass is 35.5. The number of halogens is 1. The van der Waals surface area contributed by atoms with Crippen LogP contribution in [-0.2, 0) is 0 Å². The van der Waals surface area contributed by atoms with Gasteiger partial charge >= 0.3 is 0 Å². The van der Waals surface area contributed by atoms with Crippen LogP contribution >= 0.6 is 23.7 Å². The lowest BCUT2D eigenvalue weighted by atomic mass is 10.1.